The fraction of sp³-hybridized carbons (Fsp3) is 0.360. The third-order valence-electron chi connectivity index (χ3n) is 6.73. The molecule has 2 aromatic heterocycles. The number of aromatic nitrogens is 3. The zero-order valence-corrected chi connectivity index (χ0v) is 19.4. The van der Waals surface area contributed by atoms with Crippen molar-refractivity contribution in [3.8, 4) is 11.4 Å². The Bertz CT molecular complexity index is 1270. The quantitative estimate of drug-likeness (QED) is 0.442. The molecule has 2 bridgehead atoms. The first-order chi connectivity index (χ1) is 16.2. The van der Waals surface area contributed by atoms with Crippen molar-refractivity contribution in [2.75, 3.05) is 0 Å². The van der Waals surface area contributed by atoms with Gasteiger partial charge in [0.05, 0.1) is 39.3 Å². The number of halogens is 4. The molecule has 0 N–H and O–H groups in total. The van der Waals surface area contributed by atoms with Crippen LogP contribution in [0.4, 0.5) is 13.2 Å². The van der Waals surface area contributed by atoms with Crippen LogP contribution >= 0.6 is 11.6 Å². The second kappa shape index (κ2) is 8.34. The first-order valence-electron chi connectivity index (χ1n) is 11.1. The molecule has 1 fully saturated rings. The van der Waals surface area contributed by atoms with Crippen LogP contribution in [-0.2, 0) is 12.6 Å². The number of amides is 1. The number of aryl methyl sites for hydroxylation is 1. The Labute approximate surface area is 200 Å². The molecule has 3 atom stereocenters. The van der Waals surface area contributed by atoms with Gasteiger partial charge < -0.3 is 4.90 Å². The molecule has 5 nitrogen and oxygen atoms in total. The van der Waals surface area contributed by atoms with E-state index in [-0.39, 0.29) is 23.6 Å². The van der Waals surface area contributed by atoms with Crippen molar-refractivity contribution in [1.29, 1.82) is 0 Å². The Morgan fingerprint density at radius 1 is 1.12 bits per heavy atom. The highest BCUT2D eigenvalue weighted by molar-refractivity contribution is 6.34. The molecular weight excluding hydrogens is 465 g/mol. The normalized spacial score (nSPS) is 21.8. The zero-order chi connectivity index (χ0) is 24.2. The number of rotatable bonds is 2. The van der Waals surface area contributed by atoms with Crippen LogP contribution in [0.5, 0.6) is 0 Å². The minimum absolute atomic E-state index is 0.0645. The fourth-order valence-corrected chi connectivity index (χ4v) is 5.53. The van der Waals surface area contributed by atoms with Gasteiger partial charge in [0.1, 0.15) is 5.82 Å². The number of benzene rings is 1. The molecule has 34 heavy (non-hydrogen) atoms. The van der Waals surface area contributed by atoms with Crippen LogP contribution in [0.3, 0.4) is 0 Å². The van der Waals surface area contributed by atoms with Gasteiger partial charge in [0, 0.05) is 17.8 Å². The van der Waals surface area contributed by atoms with Gasteiger partial charge in [-0.1, -0.05) is 30.7 Å². The van der Waals surface area contributed by atoms with Crippen molar-refractivity contribution in [1.82, 2.24) is 19.9 Å². The first-order valence-corrected chi connectivity index (χ1v) is 11.5. The minimum Gasteiger partial charge on any atom is -0.326 e. The maximum absolute atomic E-state index is 13.7. The first kappa shape index (κ1) is 22.8. The third kappa shape index (κ3) is 3.74. The molecular formula is C25H22ClF3N4O. The maximum Gasteiger partial charge on any atom is 0.417 e. The van der Waals surface area contributed by atoms with Crippen LogP contribution in [0.25, 0.3) is 11.4 Å². The maximum atomic E-state index is 13.7. The summed E-state index contributed by atoms with van der Waals surface area (Å²) in [7, 11) is 0. The molecule has 4 heterocycles. The summed E-state index contributed by atoms with van der Waals surface area (Å²) in [5.41, 5.74) is 2.02. The Balaban J connectivity index is 1.64. The Hall–Kier alpha value is -3.00. The van der Waals surface area contributed by atoms with Crippen molar-refractivity contribution >= 4 is 17.5 Å². The lowest BCUT2D eigenvalue weighted by atomic mass is 9.76. The molecule has 2 aliphatic rings. The Morgan fingerprint density at radius 2 is 1.91 bits per heavy atom. The van der Waals surface area contributed by atoms with Crippen molar-refractivity contribution < 1.29 is 18.0 Å². The van der Waals surface area contributed by atoms with Crippen LogP contribution in [0.2, 0.25) is 5.02 Å². The topological polar surface area (TPSA) is 59.0 Å². The zero-order valence-electron chi connectivity index (χ0n) is 18.6. The van der Waals surface area contributed by atoms with E-state index in [1.165, 1.54) is 12.1 Å². The van der Waals surface area contributed by atoms with Crippen LogP contribution in [-0.4, -0.2) is 31.8 Å². The highest BCUT2D eigenvalue weighted by atomic mass is 35.5. The summed E-state index contributed by atoms with van der Waals surface area (Å²) in [6.07, 6.45) is -0.817. The van der Waals surface area contributed by atoms with Crippen LogP contribution in [0.1, 0.15) is 58.8 Å². The standard InChI is InChI=1S/C25H22ClF3N4O/c1-13-9-10-15-12-17-21(19-8-3-4-11-30-19)31-14(2)32-22(17)23(13)33(15)24(34)16-6-5-7-18(20(16)26)25(27,28)29/h3-8,11,13,15,23H,9-10,12H2,1-2H3/t13-,15+,23-/m1/s1. The van der Waals surface area contributed by atoms with E-state index in [0.29, 0.717) is 12.2 Å². The number of carbonyl (C=O) groups excluding carboxylic acids is 1. The molecule has 3 aromatic rings. The molecule has 1 saturated heterocycles. The minimum atomic E-state index is -4.65. The average Bonchev–Trinajstić information content (AvgIpc) is 2.80. The highest BCUT2D eigenvalue weighted by Crippen LogP contribution is 2.47. The molecule has 176 valence electrons. The van der Waals surface area contributed by atoms with E-state index in [4.69, 9.17) is 16.6 Å². The van der Waals surface area contributed by atoms with Gasteiger partial charge in [0.25, 0.3) is 5.91 Å². The summed E-state index contributed by atoms with van der Waals surface area (Å²) in [5.74, 6) is 0.119. The van der Waals surface area contributed by atoms with Crippen LogP contribution < -0.4 is 0 Å². The Morgan fingerprint density at radius 3 is 2.62 bits per heavy atom. The largest absolute Gasteiger partial charge is 0.417 e. The van der Waals surface area contributed by atoms with E-state index >= 15 is 0 Å². The molecule has 5 rings (SSSR count). The number of piperidine rings is 1. The van der Waals surface area contributed by atoms with Gasteiger partial charge >= 0.3 is 6.18 Å². The van der Waals surface area contributed by atoms with Crippen molar-refractivity contribution in [2.24, 2.45) is 5.92 Å². The average molecular weight is 487 g/mol. The van der Waals surface area contributed by atoms with Gasteiger partial charge in [0.15, 0.2) is 0 Å². The fourth-order valence-electron chi connectivity index (χ4n) is 5.22. The van der Waals surface area contributed by atoms with Gasteiger partial charge in [-0.3, -0.25) is 9.78 Å². The van der Waals surface area contributed by atoms with E-state index in [9.17, 15) is 18.0 Å². The van der Waals surface area contributed by atoms with Gasteiger partial charge in [-0.2, -0.15) is 13.2 Å². The number of carbonyl (C=O) groups is 1. The van der Waals surface area contributed by atoms with Gasteiger partial charge in [-0.25, -0.2) is 9.97 Å². The van der Waals surface area contributed by atoms with Crippen molar-refractivity contribution in [3.63, 3.8) is 0 Å². The molecule has 0 spiro atoms. The van der Waals surface area contributed by atoms with E-state index in [1.54, 1.807) is 18.0 Å². The number of pyridine rings is 1. The van der Waals surface area contributed by atoms with E-state index in [2.05, 4.69) is 9.97 Å². The smallest absolute Gasteiger partial charge is 0.326 e. The van der Waals surface area contributed by atoms with Crippen LogP contribution in [0.15, 0.2) is 42.6 Å². The van der Waals surface area contributed by atoms with E-state index in [1.807, 2.05) is 25.1 Å². The van der Waals surface area contributed by atoms with Gasteiger partial charge in [-0.05, 0) is 56.4 Å². The van der Waals surface area contributed by atoms with Crippen LogP contribution in [0, 0.1) is 12.8 Å². The summed E-state index contributed by atoms with van der Waals surface area (Å²) >= 11 is 6.13. The predicted octanol–water partition coefficient (Wildman–Crippen LogP) is 6.06. The molecule has 0 saturated carbocycles. The second-order valence-electron chi connectivity index (χ2n) is 8.93. The van der Waals surface area contributed by atoms with Gasteiger partial charge in [0.2, 0.25) is 0 Å². The lowest BCUT2D eigenvalue weighted by molar-refractivity contribution is -0.137. The highest BCUT2D eigenvalue weighted by Gasteiger charge is 2.46. The number of alkyl halides is 3. The summed E-state index contributed by atoms with van der Waals surface area (Å²) in [5, 5.41) is -0.565. The molecule has 0 aliphatic carbocycles. The number of nitrogens with zero attached hydrogens (tertiary/aromatic N) is 4. The molecule has 0 unspecified atom stereocenters. The van der Waals surface area contributed by atoms with E-state index in [0.717, 1.165) is 41.6 Å². The molecule has 9 heteroatoms. The lowest BCUT2D eigenvalue weighted by Gasteiger charge is -2.49. The summed E-state index contributed by atoms with van der Waals surface area (Å²) in [4.78, 5) is 29.3. The molecule has 1 amide bonds. The predicted molar refractivity (Wildman–Crippen MR) is 121 cm³/mol. The third-order valence-corrected chi connectivity index (χ3v) is 7.14. The van der Waals surface area contributed by atoms with E-state index < -0.39 is 22.7 Å². The Kier molecular flexibility index (Phi) is 5.59. The monoisotopic (exact) mass is 486 g/mol. The number of fused-ring (bicyclic) bond motifs is 4. The van der Waals surface area contributed by atoms with Crippen molar-refractivity contribution in [3.05, 3.63) is 75.8 Å². The molecule has 2 aliphatic heterocycles. The molecule has 0 radical (unpaired) electrons. The van der Waals surface area contributed by atoms with Crippen molar-refractivity contribution in [2.45, 2.75) is 51.4 Å². The SMILES string of the molecule is Cc1nc(-c2ccccn2)c2c(n1)[C@H]1[C@H](C)CC[C@@H](C2)N1C(=O)c1cccc(C(F)(F)F)c1Cl. The summed E-state index contributed by atoms with van der Waals surface area (Å²) < 4.78 is 40.3. The van der Waals surface area contributed by atoms with Gasteiger partial charge in [-0.15, -0.1) is 0 Å². The number of hydrogen-bond acceptors (Lipinski definition) is 4. The molecule has 1 aromatic carbocycles. The summed E-state index contributed by atoms with van der Waals surface area (Å²) in [6, 6.07) is 8.52. The second-order valence-corrected chi connectivity index (χ2v) is 9.31. The summed E-state index contributed by atoms with van der Waals surface area (Å²) in [6.45, 7) is 3.84. The number of hydrogen-bond donors (Lipinski definition) is 0. The lowest BCUT2D eigenvalue weighted by Crippen LogP contribution is -2.53.